The minimum absolute atomic E-state index is 0.241. The lowest BCUT2D eigenvalue weighted by atomic mass is 10.0. The van der Waals surface area contributed by atoms with Crippen molar-refractivity contribution in [2.45, 2.75) is 6.04 Å². The second-order valence-corrected chi connectivity index (χ2v) is 3.95. The lowest BCUT2D eigenvalue weighted by Crippen LogP contribution is -2.46. The highest BCUT2D eigenvalue weighted by atomic mass is 16.5. The van der Waals surface area contributed by atoms with Crippen LogP contribution in [-0.4, -0.2) is 67.9 Å². The standard InChI is InChI=1S/C10H18N2O5/c1-16-3-2-12(4-9(13)14)10(15)7-5-17-6-8(7)11/h7-8H,2-6,11H2,1H3,(H,13,14). The fourth-order valence-electron chi connectivity index (χ4n) is 1.69. The zero-order chi connectivity index (χ0) is 12.8. The Labute approximate surface area is 99.5 Å². The third kappa shape index (κ3) is 3.95. The number of ether oxygens (including phenoxy) is 2. The maximum absolute atomic E-state index is 12.0. The number of carboxylic acid groups (broad SMARTS) is 1. The molecule has 0 aromatic heterocycles. The minimum Gasteiger partial charge on any atom is -0.480 e. The first kappa shape index (κ1) is 13.9. The summed E-state index contributed by atoms with van der Waals surface area (Å²) < 4.78 is 9.94. The monoisotopic (exact) mass is 246 g/mol. The molecule has 0 aliphatic carbocycles. The van der Waals surface area contributed by atoms with Crippen LogP contribution in [0.4, 0.5) is 0 Å². The van der Waals surface area contributed by atoms with Gasteiger partial charge in [-0.2, -0.15) is 0 Å². The number of rotatable bonds is 6. The third-order valence-electron chi connectivity index (χ3n) is 2.64. The first-order chi connectivity index (χ1) is 8.06. The van der Waals surface area contributed by atoms with E-state index in [4.69, 9.17) is 20.3 Å². The van der Waals surface area contributed by atoms with Crippen molar-refractivity contribution in [3.05, 3.63) is 0 Å². The number of carbonyl (C=O) groups is 2. The van der Waals surface area contributed by atoms with Crippen LogP contribution in [0.15, 0.2) is 0 Å². The van der Waals surface area contributed by atoms with E-state index in [1.54, 1.807) is 0 Å². The van der Waals surface area contributed by atoms with Gasteiger partial charge in [-0.15, -0.1) is 0 Å². The molecule has 7 heteroatoms. The normalized spacial score (nSPS) is 23.6. The Hall–Kier alpha value is -1.18. The van der Waals surface area contributed by atoms with Crippen molar-refractivity contribution in [2.75, 3.05) is 40.0 Å². The average Bonchev–Trinajstić information content (AvgIpc) is 2.69. The number of nitrogens with zero attached hydrogens (tertiary/aromatic N) is 1. The summed E-state index contributed by atoms with van der Waals surface area (Å²) in [6.07, 6.45) is 0. The Morgan fingerprint density at radius 3 is 2.71 bits per heavy atom. The first-order valence-electron chi connectivity index (χ1n) is 5.39. The van der Waals surface area contributed by atoms with E-state index in [-0.39, 0.29) is 31.6 Å². The van der Waals surface area contributed by atoms with Crippen LogP contribution >= 0.6 is 0 Å². The molecule has 2 unspecified atom stereocenters. The number of aliphatic carboxylic acids is 1. The van der Waals surface area contributed by atoms with E-state index in [1.165, 1.54) is 12.0 Å². The molecule has 0 saturated carbocycles. The van der Waals surface area contributed by atoms with Gasteiger partial charge in [-0.1, -0.05) is 0 Å². The molecular weight excluding hydrogens is 228 g/mol. The van der Waals surface area contributed by atoms with Crippen molar-refractivity contribution >= 4 is 11.9 Å². The Morgan fingerprint density at radius 1 is 1.53 bits per heavy atom. The Bertz CT molecular complexity index is 284. The highest BCUT2D eigenvalue weighted by Gasteiger charge is 2.34. The van der Waals surface area contributed by atoms with Gasteiger partial charge >= 0.3 is 5.97 Å². The largest absolute Gasteiger partial charge is 0.480 e. The predicted octanol–water partition coefficient (Wildman–Crippen LogP) is -1.48. The van der Waals surface area contributed by atoms with Gasteiger partial charge in [0.1, 0.15) is 6.54 Å². The summed E-state index contributed by atoms with van der Waals surface area (Å²) >= 11 is 0. The molecule has 0 bridgehead atoms. The molecule has 1 rings (SSSR count). The summed E-state index contributed by atoms with van der Waals surface area (Å²) in [6, 6.07) is -0.360. The summed E-state index contributed by atoms with van der Waals surface area (Å²) in [7, 11) is 1.49. The molecule has 1 saturated heterocycles. The number of carboxylic acids is 1. The molecule has 3 N–H and O–H groups in total. The molecule has 1 amide bonds. The molecule has 0 aromatic carbocycles. The lowest BCUT2D eigenvalue weighted by molar-refractivity contribution is -0.147. The van der Waals surface area contributed by atoms with Crippen molar-refractivity contribution in [2.24, 2.45) is 11.7 Å². The zero-order valence-corrected chi connectivity index (χ0v) is 9.80. The highest BCUT2D eigenvalue weighted by Crippen LogP contribution is 2.14. The zero-order valence-electron chi connectivity index (χ0n) is 9.80. The van der Waals surface area contributed by atoms with Gasteiger partial charge in [0, 0.05) is 19.7 Å². The van der Waals surface area contributed by atoms with Gasteiger partial charge in [0.15, 0.2) is 0 Å². The van der Waals surface area contributed by atoms with Crippen LogP contribution in [0.5, 0.6) is 0 Å². The predicted molar refractivity (Wildman–Crippen MR) is 58.4 cm³/mol. The van der Waals surface area contributed by atoms with E-state index < -0.39 is 11.9 Å². The Kier molecular flexibility index (Phi) is 5.33. The molecular formula is C10H18N2O5. The summed E-state index contributed by atoms with van der Waals surface area (Å²) in [5.41, 5.74) is 5.73. The maximum atomic E-state index is 12.0. The summed E-state index contributed by atoms with van der Waals surface area (Å²) in [4.78, 5) is 24.0. The second-order valence-electron chi connectivity index (χ2n) is 3.95. The van der Waals surface area contributed by atoms with Crippen molar-refractivity contribution in [3.63, 3.8) is 0 Å². The molecule has 1 aliphatic rings. The van der Waals surface area contributed by atoms with Crippen molar-refractivity contribution in [3.8, 4) is 0 Å². The SMILES string of the molecule is COCCN(CC(=O)O)C(=O)C1COCC1N. The minimum atomic E-state index is -1.05. The fourth-order valence-corrected chi connectivity index (χ4v) is 1.69. The van der Waals surface area contributed by atoms with Crippen LogP contribution in [-0.2, 0) is 19.1 Å². The maximum Gasteiger partial charge on any atom is 0.323 e. The number of carbonyl (C=O) groups excluding carboxylic acids is 1. The van der Waals surface area contributed by atoms with E-state index in [0.717, 1.165) is 0 Å². The van der Waals surface area contributed by atoms with Crippen LogP contribution in [0, 0.1) is 5.92 Å². The van der Waals surface area contributed by atoms with Crippen LogP contribution in [0.3, 0.4) is 0 Å². The first-order valence-corrected chi connectivity index (χ1v) is 5.39. The molecule has 0 radical (unpaired) electrons. The smallest absolute Gasteiger partial charge is 0.323 e. The molecule has 17 heavy (non-hydrogen) atoms. The van der Waals surface area contributed by atoms with E-state index >= 15 is 0 Å². The topological polar surface area (TPSA) is 102 Å². The molecule has 2 atom stereocenters. The van der Waals surface area contributed by atoms with Gasteiger partial charge in [-0.3, -0.25) is 9.59 Å². The highest BCUT2D eigenvalue weighted by molar-refractivity contribution is 5.84. The fraction of sp³-hybridized carbons (Fsp3) is 0.800. The van der Waals surface area contributed by atoms with Crippen LogP contribution in [0.25, 0.3) is 0 Å². The van der Waals surface area contributed by atoms with Crippen molar-refractivity contribution < 1.29 is 24.2 Å². The van der Waals surface area contributed by atoms with Crippen molar-refractivity contribution in [1.82, 2.24) is 4.90 Å². The van der Waals surface area contributed by atoms with Gasteiger partial charge in [0.05, 0.1) is 25.7 Å². The van der Waals surface area contributed by atoms with E-state index in [0.29, 0.717) is 13.2 Å². The molecule has 0 aromatic rings. The molecule has 1 aliphatic heterocycles. The number of amides is 1. The van der Waals surface area contributed by atoms with Crippen molar-refractivity contribution in [1.29, 1.82) is 0 Å². The quantitative estimate of drug-likeness (QED) is 0.592. The van der Waals surface area contributed by atoms with E-state index in [2.05, 4.69) is 0 Å². The molecule has 0 spiro atoms. The number of methoxy groups -OCH3 is 1. The summed E-state index contributed by atoms with van der Waals surface area (Å²) in [5.74, 6) is -1.79. The molecule has 7 nitrogen and oxygen atoms in total. The van der Waals surface area contributed by atoms with Crippen LogP contribution in [0.1, 0.15) is 0 Å². The lowest BCUT2D eigenvalue weighted by Gasteiger charge is -2.24. The summed E-state index contributed by atoms with van der Waals surface area (Å²) in [6.45, 7) is 0.781. The Morgan fingerprint density at radius 2 is 2.24 bits per heavy atom. The van der Waals surface area contributed by atoms with E-state index in [9.17, 15) is 9.59 Å². The van der Waals surface area contributed by atoms with Gasteiger partial charge in [-0.05, 0) is 0 Å². The number of hydrogen-bond donors (Lipinski definition) is 2. The van der Waals surface area contributed by atoms with Crippen LogP contribution < -0.4 is 5.73 Å². The van der Waals surface area contributed by atoms with Gasteiger partial charge in [-0.25, -0.2) is 0 Å². The second kappa shape index (κ2) is 6.53. The van der Waals surface area contributed by atoms with Gasteiger partial charge in [0.2, 0.25) is 5.91 Å². The van der Waals surface area contributed by atoms with Gasteiger partial charge in [0.25, 0.3) is 0 Å². The summed E-state index contributed by atoms with van der Waals surface area (Å²) in [5, 5.41) is 8.74. The molecule has 98 valence electrons. The number of hydrogen-bond acceptors (Lipinski definition) is 5. The Balaban J connectivity index is 2.60. The van der Waals surface area contributed by atoms with E-state index in [1.807, 2.05) is 0 Å². The molecule has 1 fully saturated rings. The third-order valence-corrected chi connectivity index (χ3v) is 2.64. The average molecular weight is 246 g/mol. The number of nitrogens with two attached hydrogens (primary N) is 1. The molecule has 1 heterocycles. The van der Waals surface area contributed by atoms with Crippen LogP contribution in [0.2, 0.25) is 0 Å². The van der Waals surface area contributed by atoms with Gasteiger partial charge < -0.3 is 25.2 Å².